The predicted molar refractivity (Wildman–Crippen MR) is 82.5 cm³/mol. The van der Waals surface area contributed by atoms with Crippen molar-refractivity contribution in [2.75, 3.05) is 6.61 Å². The lowest BCUT2D eigenvalue weighted by Gasteiger charge is -2.12. The van der Waals surface area contributed by atoms with E-state index in [1.807, 2.05) is 6.07 Å². The highest BCUT2D eigenvalue weighted by Crippen LogP contribution is 2.31. The molecule has 0 spiro atoms. The molecule has 0 saturated carbocycles. The highest BCUT2D eigenvalue weighted by Gasteiger charge is 2.28. The van der Waals surface area contributed by atoms with Crippen LogP contribution in [0.3, 0.4) is 0 Å². The monoisotopic (exact) mass is 368 g/mol. The molecule has 128 valence electrons. The number of H-pyrrole nitrogens is 1. The number of fused-ring (bicyclic) bond motifs is 1. The summed E-state index contributed by atoms with van der Waals surface area (Å²) < 4.78 is 42.7. The van der Waals surface area contributed by atoms with Gasteiger partial charge in [-0.05, 0) is 12.1 Å². The Morgan fingerprint density at radius 1 is 1.36 bits per heavy atom. The summed E-state index contributed by atoms with van der Waals surface area (Å²) in [6.07, 6.45) is -3.28. The van der Waals surface area contributed by atoms with Crippen molar-refractivity contribution >= 4 is 17.2 Å². The molecule has 0 saturated heterocycles. The molecule has 0 unspecified atom stereocenters. The Morgan fingerprint density at radius 3 is 2.80 bits per heavy atom. The third kappa shape index (κ3) is 3.44. The van der Waals surface area contributed by atoms with Gasteiger partial charge in [-0.2, -0.15) is 28.0 Å². The van der Waals surface area contributed by atoms with Crippen LogP contribution in [0.1, 0.15) is 5.56 Å². The Morgan fingerprint density at radius 2 is 2.12 bits per heavy atom. The van der Waals surface area contributed by atoms with Crippen molar-refractivity contribution in [2.24, 2.45) is 0 Å². The fraction of sp³-hybridized carbons (Fsp3) is 0.133. The Kier molecular flexibility index (Phi) is 4.14. The maximum atomic E-state index is 12.3. The predicted octanol–water partition coefficient (Wildman–Crippen LogP) is 3.16. The molecule has 3 rings (SSSR count). The Bertz CT molecular complexity index is 1050. The van der Waals surface area contributed by atoms with Crippen LogP contribution in [0, 0.1) is 11.3 Å². The van der Waals surface area contributed by atoms with Crippen LogP contribution in [0.4, 0.5) is 13.2 Å². The lowest BCUT2D eigenvalue weighted by Crippen LogP contribution is -2.19. The van der Waals surface area contributed by atoms with Gasteiger partial charge in [0.2, 0.25) is 0 Å². The Balaban J connectivity index is 2.06. The van der Waals surface area contributed by atoms with E-state index in [-0.39, 0.29) is 27.7 Å². The third-order valence-electron chi connectivity index (χ3n) is 3.25. The molecule has 0 atom stereocenters. The second-order valence-corrected chi connectivity index (χ2v) is 5.41. The summed E-state index contributed by atoms with van der Waals surface area (Å²) in [5.74, 6) is -0.175. The van der Waals surface area contributed by atoms with E-state index in [9.17, 15) is 18.0 Å². The van der Waals surface area contributed by atoms with Crippen LogP contribution < -0.4 is 10.3 Å². The van der Waals surface area contributed by atoms with Gasteiger partial charge < -0.3 is 9.72 Å². The minimum absolute atomic E-state index is 0.00140. The number of benzene rings is 1. The van der Waals surface area contributed by atoms with Crippen molar-refractivity contribution < 1.29 is 17.9 Å². The van der Waals surface area contributed by atoms with Crippen molar-refractivity contribution in [3.05, 3.63) is 51.4 Å². The van der Waals surface area contributed by atoms with Gasteiger partial charge in [-0.1, -0.05) is 17.7 Å². The molecule has 10 heteroatoms. The van der Waals surface area contributed by atoms with Crippen LogP contribution in [-0.2, 0) is 0 Å². The molecular weight excluding hydrogens is 361 g/mol. The normalized spacial score (nSPS) is 11.5. The molecule has 2 heterocycles. The molecule has 0 aliphatic carbocycles. The average molecular weight is 369 g/mol. The number of nitrogens with zero attached hydrogens (tertiary/aromatic N) is 3. The lowest BCUT2D eigenvalue weighted by molar-refractivity contribution is -0.153. The van der Waals surface area contributed by atoms with Gasteiger partial charge in [0.05, 0.1) is 16.9 Å². The van der Waals surface area contributed by atoms with Crippen molar-refractivity contribution in [1.82, 2.24) is 14.6 Å². The van der Waals surface area contributed by atoms with E-state index in [2.05, 4.69) is 10.1 Å². The van der Waals surface area contributed by atoms with E-state index in [4.69, 9.17) is 21.6 Å². The fourth-order valence-corrected chi connectivity index (χ4v) is 2.33. The highest BCUT2D eigenvalue weighted by molar-refractivity contribution is 6.32. The van der Waals surface area contributed by atoms with Gasteiger partial charge in [-0.25, -0.2) is 0 Å². The van der Waals surface area contributed by atoms with Crippen LogP contribution in [0.2, 0.25) is 5.02 Å². The molecule has 25 heavy (non-hydrogen) atoms. The summed E-state index contributed by atoms with van der Waals surface area (Å²) >= 11 is 5.85. The van der Waals surface area contributed by atoms with E-state index >= 15 is 0 Å². The number of ether oxygens (including phenoxy) is 1. The number of nitrogens with one attached hydrogen (secondary N) is 1. The fourth-order valence-electron chi connectivity index (χ4n) is 2.16. The number of aromatic amines is 1. The Labute approximate surface area is 143 Å². The maximum absolute atomic E-state index is 12.3. The zero-order valence-corrected chi connectivity index (χ0v) is 13.0. The lowest BCUT2D eigenvalue weighted by atomic mass is 10.1. The summed E-state index contributed by atoms with van der Waals surface area (Å²) in [4.78, 5) is 14.9. The number of hydrogen-bond donors (Lipinski definition) is 1. The molecule has 0 fully saturated rings. The standard InChI is InChI=1S/C15H8ClF3N4O2/c16-10-2-1-8(3-12(10)25-7-15(17,18)19)11-4-13(24)23-14(22-11)9(5-20)6-21-23/h1-4,6,22H,7H2. The van der Waals surface area contributed by atoms with Gasteiger partial charge in [0.15, 0.2) is 12.3 Å². The molecule has 0 amide bonds. The number of hydrogen-bond acceptors (Lipinski definition) is 4. The number of rotatable bonds is 3. The number of aromatic nitrogens is 3. The molecule has 0 bridgehead atoms. The van der Waals surface area contributed by atoms with E-state index in [0.717, 1.165) is 4.52 Å². The molecule has 1 aromatic carbocycles. The first-order valence-corrected chi connectivity index (χ1v) is 7.17. The quantitative estimate of drug-likeness (QED) is 0.769. The molecule has 2 aromatic heterocycles. The third-order valence-corrected chi connectivity index (χ3v) is 3.57. The number of halogens is 4. The van der Waals surface area contributed by atoms with Crippen molar-refractivity contribution in [3.8, 4) is 23.1 Å². The SMILES string of the molecule is N#Cc1cnn2c(=O)cc(-c3ccc(Cl)c(OCC(F)(F)F)c3)[nH]c12. The molecular formula is C15H8ClF3N4O2. The first kappa shape index (κ1) is 16.9. The zero-order valence-electron chi connectivity index (χ0n) is 12.3. The second-order valence-electron chi connectivity index (χ2n) is 5.00. The van der Waals surface area contributed by atoms with E-state index < -0.39 is 18.3 Å². The molecule has 0 aliphatic heterocycles. The summed E-state index contributed by atoms with van der Waals surface area (Å²) in [7, 11) is 0. The molecule has 6 nitrogen and oxygen atoms in total. The molecule has 0 radical (unpaired) electrons. The largest absolute Gasteiger partial charge is 0.483 e. The van der Waals surface area contributed by atoms with Crippen LogP contribution in [-0.4, -0.2) is 27.4 Å². The van der Waals surface area contributed by atoms with Crippen molar-refractivity contribution in [3.63, 3.8) is 0 Å². The van der Waals surface area contributed by atoms with Crippen LogP contribution in [0.5, 0.6) is 5.75 Å². The first-order valence-electron chi connectivity index (χ1n) is 6.79. The van der Waals surface area contributed by atoms with Crippen LogP contribution >= 0.6 is 11.6 Å². The highest BCUT2D eigenvalue weighted by atomic mass is 35.5. The topological polar surface area (TPSA) is 83.2 Å². The smallest absolute Gasteiger partial charge is 0.422 e. The van der Waals surface area contributed by atoms with Gasteiger partial charge in [-0.15, -0.1) is 0 Å². The van der Waals surface area contributed by atoms with Crippen molar-refractivity contribution in [2.45, 2.75) is 6.18 Å². The summed E-state index contributed by atoms with van der Waals surface area (Å²) in [6, 6.07) is 7.23. The maximum Gasteiger partial charge on any atom is 0.422 e. The van der Waals surface area contributed by atoms with Gasteiger partial charge in [0, 0.05) is 11.6 Å². The second kappa shape index (κ2) is 6.14. The minimum atomic E-state index is -4.51. The number of nitriles is 1. The summed E-state index contributed by atoms with van der Waals surface area (Å²) in [6.45, 7) is -1.49. The average Bonchev–Trinajstić information content (AvgIpc) is 2.97. The van der Waals surface area contributed by atoms with E-state index in [1.54, 1.807) is 0 Å². The summed E-state index contributed by atoms with van der Waals surface area (Å²) in [5, 5.41) is 12.8. The molecule has 1 N–H and O–H groups in total. The van der Waals surface area contributed by atoms with Crippen molar-refractivity contribution in [1.29, 1.82) is 5.26 Å². The van der Waals surface area contributed by atoms with Crippen LogP contribution in [0.25, 0.3) is 16.9 Å². The van der Waals surface area contributed by atoms with E-state index in [0.29, 0.717) is 5.56 Å². The minimum Gasteiger partial charge on any atom is -0.483 e. The van der Waals surface area contributed by atoms with Gasteiger partial charge in [0.1, 0.15) is 17.4 Å². The number of alkyl halides is 3. The molecule has 0 aliphatic rings. The van der Waals surface area contributed by atoms with Gasteiger partial charge >= 0.3 is 6.18 Å². The van der Waals surface area contributed by atoms with Crippen LogP contribution in [0.15, 0.2) is 35.3 Å². The van der Waals surface area contributed by atoms with E-state index in [1.165, 1.54) is 30.5 Å². The molecule has 3 aromatic rings. The summed E-state index contributed by atoms with van der Waals surface area (Å²) in [5.41, 5.74) is 0.478. The first-order chi connectivity index (χ1) is 11.8. The van der Waals surface area contributed by atoms with Gasteiger partial charge in [0.25, 0.3) is 5.56 Å². The van der Waals surface area contributed by atoms with Gasteiger partial charge in [-0.3, -0.25) is 4.79 Å². The Hall–Kier alpha value is -2.99. The zero-order chi connectivity index (χ0) is 18.2.